The minimum atomic E-state index is 0.329. The summed E-state index contributed by atoms with van der Waals surface area (Å²) in [4.78, 5) is 0. The summed E-state index contributed by atoms with van der Waals surface area (Å²) in [6, 6.07) is 0. The fourth-order valence-electron chi connectivity index (χ4n) is 1.60. The monoisotopic (exact) mass is 166 g/mol. The second-order valence-electron chi connectivity index (χ2n) is 3.83. The number of rotatable bonds is 4. The van der Waals surface area contributed by atoms with E-state index in [1.54, 1.807) is 0 Å². The fourth-order valence-corrected chi connectivity index (χ4v) is 1.60. The molecule has 0 spiro atoms. The van der Waals surface area contributed by atoms with Gasteiger partial charge in [0.1, 0.15) is 0 Å². The summed E-state index contributed by atoms with van der Waals surface area (Å²) in [5, 5.41) is 8.65. The third kappa shape index (κ3) is 2.82. The lowest BCUT2D eigenvalue weighted by Gasteiger charge is -2.26. The number of hydrogen-bond donors (Lipinski definition) is 1. The van der Waals surface area contributed by atoms with Crippen molar-refractivity contribution in [2.45, 2.75) is 32.6 Å². The Labute approximate surface area is 74.8 Å². The smallest absolute Gasteiger partial charge is 0.0431 e. The molecule has 0 saturated carbocycles. The van der Waals surface area contributed by atoms with Crippen molar-refractivity contribution in [1.82, 2.24) is 0 Å². The van der Waals surface area contributed by atoms with Crippen molar-refractivity contribution in [2.75, 3.05) is 6.61 Å². The van der Waals surface area contributed by atoms with Crippen LogP contribution in [0.1, 0.15) is 32.6 Å². The highest BCUT2D eigenvalue weighted by molar-refractivity contribution is 5.15. The number of aliphatic hydroxyl groups excluding tert-OH is 1. The molecule has 1 N–H and O–H groups in total. The molecule has 1 aliphatic rings. The van der Waals surface area contributed by atoms with Crippen LogP contribution in [0, 0.1) is 5.41 Å². The molecule has 0 amide bonds. The Hall–Kier alpha value is -0.560. The quantitative estimate of drug-likeness (QED) is 0.637. The maximum atomic E-state index is 8.65. The lowest BCUT2D eigenvalue weighted by molar-refractivity contribution is 0.270. The van der Waals surface area contributed by atoms with E-state index in [0.717, 1.165) is 19.3 Å². The Bertz CT molecular complexity index is 181. The van der Waals surface area contributed by atoms with E-state index in [0.29, 0.717) is 12.0 Å². The van der Waals surface area contributed by atoms with Gasteiger partial charge in [-0.25, -0.2) is 0 Å². The molecule has 1 nitrogen and oxygen atoms in total. The van der Waals surface area contributed by atoms with Crippen LogP contribution in [0.4, 0.5) is 0 Å². The summed E-state index contributed by atoms with van der Waals surface area (Å²) < 4.78 is 0. The molecular weight excluding hydrogens is 148 g/mol. The van der Waals surface area contributed by atoms with E-state index in [1.165, 1.54) is 6.42 Å². The maximum Gasteiger partial charge on any atom is 0.0431 e. The molecule has 68 valence electrons. The summed E-state index contributed by atoms with van der Waals surface area (Å²) in [7, 11) is 0. The summed E-state index contributed by atoms with van der Waals surface area (Å²) in [6.45, 7) is 2.61. The van der Waals surface area contributed by atoms with E-state index in [2.05, 4.69) is 31.2 Å². The van der Waals surface area contributed by atoms with Crippen molar-refractivity contribution in [3.63, 3.8) is 0 Å². The first kappa shape index (κ1) is 9.53. The molecule has 1 unspecified atom stereocenters. The van der Waals surface area contributed by atoms with E-state index in [1.807, 2.05) is 0 Å². The lowest BCUT2D eigenvalue weighted by Crippen LogP contribution is -2.13. The first-order valence-electron chi connectivity index (χ1n) is 4.72. The van der Waals surface area contributed by atoms with E-state index >= 15 is 0 Å². The van der Waals surface area contributed by atoms with Gasteiger partial charge in [-0.1, -0.05) is 37.6 Å². The maximum absolute atomic E-state index is 8.65. The highest BCUT2D eigenvalue weighted by Gasteiger charge is 2.19. The number of aliphatic hydroxyl groups is 1. The van der Waals surface area contributed by atoms with Crippen LogP contribution in [0.5, 0.6) is 0 Å². The SMILES string of the molecule is CC1(CCCCO)C=CC=CC1. The minimum absolute atomic E-state index is 0.329. The first-order valence-corrected chi connectivity index (χ1v) is 4.72. The van der Waals surface area contributed by atoms with E-state index in [4.69, 9.17) is 5.11 Å². The Morgan fingerprint density at radius 2 is 2.17 bits per heavy atom. The molecule has 0 aromatic carbocycles. The Morgan fingerprint density at radius 3 is 2.75 bits per heavy atom. The summed E-state index contributed by atoms with van der Waals surface area (Å²) in [5.41, 5.74) is 0.351. The van der Waals surface area contributed by atoms with Gasteiger partial charge in [-0.15, -0.1) is 0 Å². The van der Waals surface area contributed by atoms with Crippen LogP contribution < -0.4 is 0 Å². The fraction of sp³-hybridized carbons (Fsp3) is 0.636. The Morgan fingerprint density at radius 1 is 1.33 bits per heavy atom. The standard InChI is InChI=1S/C11H18O/c1-11(9-5-6-10-12)7-3-2-4-8-11/h2-4,7,12H,5-6,8-10H2,1H3. The van der Waals surface area contributed by atoms with Gasteiger partial charge < -0.3 is 5.11 Å². The predicted octanol–water partition coefficient (Wildman–Crippen LogP) is 2.67. The topological polar surface area (TPSA) is 20.2 Å². The third-order valence-electron chi connectivity index (χ3n) is 2.49. The highest BCUT2D eigenvalue weighted by atomic mass is 16.2. The largest absolute Gasteiger partial charge is 0.396 e. The molecule has 12 heavy (non-hydrogen) atoms. The van der Waals surface area contributed by atoms with Crippen molar-refractivity contribution in [3.8, 4) is 0 Å². The highest BCUT2D eigenvalue weighted by Crippen LogP contribution is 2.32. The van der Waals surface area contributed by atoms with E-state index < -0.39 is 0 Å². The van der Waals surface area contributed by atoms with Crippen molar-refractivity contribution >= 4 is 0 Å². The normalized spacial score (nSPS) is 27.8. The van der Waals surface area contributed by atoms with Gasteiger partial charge in [-0.3, -0.25) is 0 Å². The minimum Gasteiger partial charge on any atom is -0.396 e. The molecule has 0 radical (unpaired) electrons. The van der Waals surface area contributed by atoms with Crippen LogP contribution in [-0.2, 0) is 0 Å². The van der Waals surface area contributed by atoms with Gasteiger partial charge in [0.25, 0.3) is 0 Å². The van der Waals surface area contributed by atoms with Gasteiger partial charge in [0.15, 0.2) is 0 Å². The van der Waals surface area contributed by atoms with Crippen LogP contribution in [0.3, 0.4) is 0 Å². The zero-order valence-electron chi connectivity index (χ0n) is 7.79. The zero-order chi connectivity index (χ0) is 8.86. The molecular formula is C11H18O. The molecule has 0 aromatic rings. The summed E-state index contributed by atoms with van der Waals surface area (Å²) in [5.74, 6) is 0. The molecule has 1 heteroatoms. The van der Waals surface area contributed by atoms with Crippen LogP contribution in [-0.4, -0.2) is 11.7 Å². The van der Waals surface area contributed by atoms with Crippen molar-refractivity contribution in [2.24, 2.45) is 5.41 Å². The average Bonchev–Trinajstić information content (AvgIpc) is 2.06. The van der Waals surface area contributed by atoms with Crippen LogP contribution in [0.25, 0.3) is 0 Å². The molecule has 0 saturated heterocycles. The second kappa shape index (κ2) is 4.46. The number of unbranched alkanes of at least 4 members (excludes halogenated alkanes) is 1. The van der Waals surface area contributed by atoms with Crippen LogP contribution in [0.2, 0.25) is 0 Å². The van der Waals surface area contributed by atoms with Crippen LogP contribution in [0.15, 0.2) is 24.3 Å². The van der Waals surface area contributed by atoms with Crippen LogP contribution >= 0.6 is 0 Å². The Kier molecular flexibility index (Phi) is 3.54. The molecule has 0 fully saturated rings. The number of hydrogen-bond acceptors (Lipinski definition) is 1. The summed E-state index contributed by atoms with van der Waals surface area (Å²) in [6.07, 6.45) is 13.1. The third-order valence-corrected chi connectivity index (χ3v) is 2.49. The van der Waals surface area contributed by atoms with Gasteiger partial charge in [0.05, 0.1) is 0 Å². The molecule has 0 bridgehead atoms. The second-order valence-corrected chi connectivity index (χ2v) is 3.83. The first-order chi connectivity index (χ1) is 5.77. The Balaban J connectivity index is 2.29. The van der Waals surface area contributed by atoms with Gasteiger partial charge in [0, 0.05) is 6.61 Å². The van der Waals surface area contributed by atoms with Gasteiger partial charge in [-0.05, 0) is 24.7 Å². The molecule has 1 atom stereocenters. The molecule has 0 aromatic heterocycles. The molecule has 1 rings (SSSR count). The van der Waals surface area contributed by atoms with Gasteiger partial charge in [-0.2, -0.15) is 0 Å². The van der Waals surface area contributed by atoms with Gasteiger partial charge >= 0.3 is 0 Å². The van der Waals surface area contributed by atoms with Crippen molar-refractivity contribution < 1.29 is 5.11 Å². The van der Waals surface area contributed by atoms with Crippen molar-refractivity contribution in [3.05, 3.63) is 24.3 Å². The average molecular weight is 166 g/mol. The molecule has 0 aliphatic heterocycles. The molecule has 1 aliphatic carbocycles. The van der Waals surface area contributed by atoms with E-state index in [9.17, 15) is 0 Å². The molecule has 0 heterocycles. The van der Waals surface area contributed by atoms with Gasteiger partial charge in [0.2, 0.25) is 0 Å². The summed E-state index contributed by atoms with van der Waals surface area (Å²) >= 11 is 0. The lowest BCUT2D eigenvalue weighted by atomic mass is 9.79. The zero-order valence-corrected chi connectivity index (χ0v) is 7.79. The predicted molar refractivity (Wildman–Crippen MR) is 51.9 cm³/mol. The van der Waals surface area contributed by atoms with Crippen molar-refractivity contribution in [1.29, 1.82) is 0 Å². The van der Waals surface area contributed by atoms with E-state index in [-0.39, 0.29) is 0 Å². The number of allylic oxidation sites excluding steroid dienone is 4.